The molecule has 0 fully saturated rings. The second kappa shape index (κ2) is 11.1. The molecule has 2 aromatic carbocycles. The zero-order valence-corrected chi connectivity index (χ0v) is 19.3. The fourth-order valence-electron chi connectivity index (χ4n) is 2.90. The fraction of sp³-hybridized carbons (Fsp3) is 0.417. The van der Waals surface area contributed by atoms with Gasteiger partial charge in [0.2, 0.25) is 11.8 Å². The lowest BCUT2D eigenvalue weighted by Gasteiger charge is -2.31. The number of hydrogen-bond acceptors (Lipinski definition) is 4. The van der Waals surface area contributed by atoms with E-state index in [-0.39, 0.29) is 17.4 Å². The van der Waals surface area contributed by atoms with E-state index in [0.29, 0.717) is 12.3 Å². The Bertz CT molecular complexity index is 817. The molecule has 5 nitrogen and oxygen atoms in total. The summed E-state index contributed by atoms with van der Waals surface area (Å²) in [5.41, 5.74) is 1.77. The van der Waals surface area contributed by atoms with Crippen molar-refractivity contribution in [2.45, 2.75) is 51.6 Å². The molecule has 0 spiro atoms. The third kappa shape index (κ3) is 7.75. The van der Waals surface area contributed by atoms with Crippen molar-refractivity contribution in [3.05, 3.63) is 65.7 Å². The Morgan fingerprint density at radius 2 is 1.67 bits per heavy atom. The zero-order valence-electron chi connectivity index (χ0n) is 18.5. The van der Waals surface area contributed by atoms with Gasteiger partial charge >= 0.3 is 0 Å². The Balaban J connectivity index is 2.09. The third-order valence-corrected chi connectivity index (χ3v) is 5.50. The maximum atomic E-state index is 13.1. The summed E-state index contributed by atoms with van der Waals surface area (Å²) in [5.74, 6) is 1.62. The molecule has 162 valence electrons. The summed E-state index contributed by atoms with van der Waals surface area (Å²) in [6.07, 6.45) is 0. The van der Waals surface area contributed by atoms with Crippen molar-refractivity contribution in [3.63, 3.8) is 0 Å². The Morgan fingerprint density at radius 1 is 1.03 bits per heavy atom. The van der Waals surface area contributed by atoms with Gasteiger partial charge in [0.15, 0.2) is 0 Å². The SMILES string of the molecule is COc1ccc(CN(C(=O)CSCc2ccccc2)[C@@H](C)C(=O)NC(C)(C)C)cc1. The molecule has 0 aliphatic carbocycles. The van der Waals surface area contributed by atoms with Crippen molar-refractivity contribution in [1.82, 2.24) is 10.2 Å². The molecule has 2 aromatic rings. The van der Waals surface area contributed by atoms with Gasteiger partial charge in [0, 0.05) is 17.8 Å². The van der Waals surface area contributed by atoms with E-state index in [2.05, 4.69) is 5.32 Å². The average Bonchev–Trinajstić information content (AvgIpc) is 2.71. The predicted molar refractivity (Wildman–Crippen MR) is 124 cm³/mol. The number of benzene rings is 2. The number of hydrogen-bond donors (Lipinski definition) is 1. The number of rotatable bonds is 9. The topological polar surface area (TPSA) is 58.6 Å². The first-order chi connectivity index (χ1) is 14.2. The lowest BCUT2D eigenvalue weighted by molar-refractivity contribution is -0.139. The number of carbonyl (C=O) groups is 2. The molecule has 0 bridgehead atoms. The second-order valence-electron chi connectivity index (χ2n) is 8.26. The number of amides is 2. The monoisotopic (exact) mass is 428 g/mol. The van der Waals surface area contributed by atoms with Crippen molar-refractivity contribution < 1.29 is 14.3 Å². The van der Waals surface area contributed by atoms with Crippen LogP contribution in [0, 0.1) is 0 Å². The van der Waals surface area contributed by atoms with Crippen LogP contribution in [0.25, 0.3) is 0 Å². The van der Waals surface area contributed by atoms with E-state index in [4.69, 9.17) is 4.74 Å². The minimum Gasteiger partial charge on any atom is -0.497 e. The Kier molecular flexibility index (Phi) is 8.78. The molecule has 0 saturated carbocycles. The van der Waals surface area contributed by atoms with Crippen LogP contribution < -0.4 is 10.1 Å². The van der Waals surface area contributed by atoms with Crippen molar-refractivity contribution in [2.24, 2.45) is 0 Å². The van der Waals surface area contributed by atoms with Crippen LogP contribution in [0.4, 0.5) is 0 Å². The summed E-state index contributed by atoms with van der Waals surface area (Å²) in [4.78, 5) is 27.5. The van der Waals surface area contributed by atoms with E-state index in [1.54, 1.807) is 30.7 Å². The molecule has 0 aliphatic rings. The summed E-state index contributed by atoms with van der Waals surface area (Å²) in [7, 11) is 1.62. The first-order valence-corrected chi connectivity index (χ1v) is 11.2. The molecule has 6 heteroatoms. The quantitative estimate of drug-likeness (QED) is 0.648. The first-order valence-electron chi connectivity index (χ1n) is 10.1. The summed E-state index contributed by atoms with van der Waals surface area (Å²) >= 11 is 1.56. The van der Waals surface area contributed by atoms with E-state index in [9.17, 15) is 9.59 Å². The Morgan fingerprint density at radius 3 is 2.23 bits per heavy atom. The number of nitrogens with zero attached hydrogens (tertiary/aromatic N) is 1. The maximum Gasteiger partial charge on any atom is 0.242 e. The molecule has 1 N–H and O–H groups in total. The molecule has 0 saturated heterocycles. The summed E-state index contributed by atoms with van der Waals surface area (Å²) in [6.45, 7) is 7.95. The van der Waals surface area contributed by atoms with Crippen LogP contribution in [0.2, 0.25) is 0 Å². The maximum absolute atomic E-state index is 13.1. The number of carbonyl (C=O) groups excluding carboxylic acids is 2. The Hall–Kier alpha value is -2.47. The lowest BCUT2D eigenvalue weighted by Crippen LogP contribution is -2.52. The smallest absolute Gasteiger partial charge is 0.242 e. The fourth-order valence-corrected chi connectivity index (χ4v) is 3.77. The minimum absolute atomic E-state index is 0.0525. The number of methoxy groups -OCH3 is 1. The highest BCUT2D eigenvalue weighted by atomic mass is 32.2. The van der Waals surface area contributed by atoms with Gasteiger partial charge in [-0.15, -0.1) is 11.8 Å². The normalized spacial score (nSPS) is 12.2. The van der Waals surface area contributed by atoms with E-state index in [1.165, 1.54) is 5.56 Å². The molecule has 2 rings (SSSR count). The van der Waals surface area contributed by atoms with Crippen LogP contribution in [0.3, 0.4) is 0 Å². The van der Waals surface area contributed by atoms with Gasteiger partial charge < -0.3 is 15.0 Å². The summed E-state index contributed by atoms with van der Waals surface area (Å²) in [6, 6.07) is 17.1. The van der Waals surface area contributed by atoms with Gasteiger partial charge in [-0.05, 0) is 51.0 Å². The largest absolute Gasteiger partial charge is 0.497 e. The molecule has 0 aromatic heterocycles. The van der Waals surface area contributed by atoms with E-state index in [0.717, 1.165) is 17.1 Å². The number of nitrogens with one attached hydrogen (secondary N) is 1. The summed E-state index contributed by atoms with van der Waals surface area (Å²) in [5, 5.41) is 2.98. The van der Waals surface area contributed by atoms with Crippen LogP contribution >= 0.6 is 11.8 Å². The van der Waals surface area contributed by atoms with E-state index < -0.39 is 6.04 Å². The van der Waals surface area contributed by atoms with E-state index >= 15 is 0 Å². The van der Waals surface area contributed by atoms with Crippen molar-refractivity contribution in [3.8, 4) is 5.75 Å². The van der Waals surface area contributed by atoms with Gasteiger partial charge in [-0.1, -0.05) is 42.5 Å². The second-order valence-corrected chi connectivity index (χ2v) is 9.25. The number of ether oxygens (including phenoxy) is 1. The average molecular weight is 429 g/mol. The molecule has 0 unspecified atom stereocenters. The van der Waals surface area contributed by atoms with E-state index in [1.807, 2.05) is 75.4 Å². The van der Waals surface area contributed by atoms with Crippen LogP contribution in [0.1, 0.15) is 38.8 Å². The number of thioether (sulfide) groups is 1. The van der Waals surface area contributed by atoms with Gasteiger partial charge in [-0.3, -0.25) is 9.59 Å². The van der Waals surface area contributed by atoms with Crippen LogP contribution in [-0.2, 0) is 21.9 Å². The highest BCUT2D eigenvalue weighted by Gasteiger charge is 2.28. The molecule has 30 heavy (non-hydrogen) atoms. The van der Waals surface area contributed by atoms with Crippen molar-refractivity contribution in [1.29, 1.82) is 0 Å². The molecule has 1 atom stereocenters. The lowest BCUT2D eigenvalue weighted by atomic mass is 10.1. The van der Waals surface area contributed by atoms with Crippen molar-refractivity contribution >= 4 is 23.6 Å². The molecule has 0 aliphatic heterocycles. The Labute approximate surface area is 184 Å². The van der Waals surface area contributed by atoms with Crippen LogP contribution in [-0.4, -0.2) is 41.2 Å². The minimum atomic E-state index is -0.573. The standard InChI is InChI=1S/C24H32N2O3S/c1-18(23(28)25-24(2,3)4)26(15-19-11-13-21(29-5)14-12-19)22(27)17-30-16-20-9-7-6-8-10-20/h6-14,18H,15-17H2,1-5H3,(H,25,28)/t18-/m0/s1. The van der Waals surface area contributed by atoms with Gasteiger partial charge in [0.25, 0.3) is 0 Å². The molecule has 2 amide bonds. The molecule has 0 heterocycles. The molecular weight excluding hydrogens is 396 g/mol. The molecular formula is C24H32N2O3S. The van der Waals surface area contributed by atoms with Gasteiger partial charge in [0.1, 0.15) is 11.8 Å². The molecule has 0 radical (unpaired) electrons. The summed E-state index contributed by atoms with van der Waals surface area (Å²) < 4.78 is 5.21. The zero-order chi connectivity index (χ0) is 22.1. The highest BCUT2D eigenvalue weighted by molar-refractivity contribution is 7.99. The van der Waals surface area contributed by atoms with Crippen LogP contribution in [0.5, 0.6) is 5.75 Å². The highest BCUT2D eigenvalue weighted by Crippen LogP contribution is 2.18. The third-order valence-electron chi connectivity index (χ3n) is 4.51. The van der Waals surface area contributed by atoms with Crippen LogP contribution in [0.15, 0.2) is 54.6 Å². The predicted octanol–water partition coefficient (Wildman–Crippen LogP) is 4.26. The van der Waals surface area contributed by atoms with Gasteiger partial charge in [0.05, 0.1) is 12.9 Å². The van der Waals surface area contributed by atoms with Gasteiger partial charge in [-0.2, -0.15) is 0 Å². The van der Waals surface area contributed by atoms with Crippen molar-refractivity contribution in [2.75, 3.05) is 12.9 Å². The first kappa shape index (κ1) is 23.8. The van der Waals surface area contributed by atoms with Gasteiger partial charge in [-0.25, -0.2) is 0 Å².